The van der Waals surface area contributed by atoms with Gasteiger partial charge in [-0.3, -0.25) is 4.79 Å². The van der Waals surface area contributed by atoms with Gasteiger partial charge in [0.1, 0.15) is 17.0 Å². The smallest absolute Gasteiger partial charge is 0.164 e. The van der Waals surface area contributed by atoms with E-state index < -0.39 is 5.79 Å². The minimum absolute atomic E-state index is 0.127. The molecule has 0 aromatic rings. The maximum absolute atomic E-state index is 12.0. The molecule has 1 heterocycles. The highest BCUT2D eigenvalue weighted by Gasteiger charge is 2.74. The summed E-state index contributed by atoms with van der Waals surface area (Å²) in [5.74, 6) is 0.724. The van der Waals surface area contributed by atoms with Crippen LogP contribution in [0.3, 0.4) is 0 Å². The van der Waals surface area contributed by atoms with Crippen LogP contribution in [0.25, 0.3) is 0 Å². The number of carbonyl (C=O) groups is 1. The quantitative estimate of drug-likeness (QED) is 0.629. The molecular formula is C13H18O3. The summed E-state index contributed by atoms with van der Waals surface area (Å²) < 4.78 is 12.5. The predicted molar refractivity (Wildman–Crippen MR) is 56.8 cm³/mol. The lowest BCUT2D eigenvalue weighted by atomic mass is 9.90. The van der Waals surface area contributed by atoms with E-state index in [1.165, 1.54) is 0 Å². The van der Waals surface area contributed by atoms with Crippen LogP contribution < -0.4 is 0 Å². The first-order valence-corrected chi connectivity index (χ1v) is 6.37. The second-order valence-corrected chi connectivity index (χ2v) is 6.64. The zero-order valence-corrected chi connectivity index (χ0v) is 9.91. The Labute approximate surface area is 95.5 Å². The predicted octanol–water partition coefficient (Wildman–Crippen LogP) is 2.04. The van der Waals surface area contributed by atoms with Gasteiger partial charge >= 0.3 is 0 Å². The topological polar surface area (TPSA) is 35.5 Å². The van der Waals surface area contributed by atoms with Crippen molar-refractivity contribution in [2.24, 2.45) is 11.8 Å². The molecule has 3 nitrogen and oxygen atoms in total. The van der Waals surface area contributed by atoms with Crippen molar-refractivity contribution in [2.45, 2.75) is 62.9 Å². The largest absolute Gasteiger partial charge is 0.341 e. The average Bonchev–Trinajstić information content (AvgIpc) is 2.46. The van der Waals surface area contributed by atoms with E-state index in [9.17, 15) is 4.79 Å². The molecule has 1 saturated heterocycles. The van der Waals surface area contributed by atoms with Crippen LogP contribution in [0.15, 0.2) is 0 Å². The summed E-state index contributed by atoms with van der Waals surface area (Å²) in [5, 5.41) is 0. The molecule has 0 aromatic heterocycles. The molecule has 3 heteroatoms. The maximum atomic E-state index is 12.0. The standard InChI is InChI=1S/C13H18O3/c1-11(2)15-12-4-8-3-10(14)9(6-12)7-13(12,5-8)16-11/h8-9H,3-7H2,1-2H3/t8?,9?,12-,13+. The van der Waals surface area contributed by atoms with Gasteiger partial charge in [-0.2, -0.15) is 0 Å². The van der Waals surface area contributed by atoms with E-state index in [1.54, 1.807) is 0 Å². The summed E-state index contributed by atoms with van der Waals surface area (Å²) >= 11 is 0. The molecule has 5 rings (SSSR count). The lowest BCUT2D eigenvalue weighted by Crippen LogP contribution is -2.41. The number of hydrogen-bond acceptors (Lipinski definition) is 3. The molecule has 16 heavy (non-hydrogen) atoms. The first-order chi connectivity index (χ1) is 7.44. The zero-order chi connectivity index (χ0) is 11.2. The molecule has 2 spiro atoms. The molecule has 0 radical (unpaired) electrons. The Morgan fingerprint density at radius 1 is 1.06 bits per heavy atom. The summed E-state index contributed by atoms with van der Waals surface area (Å²) in [7, 11) is 0. The van der Waals surface area contributed by atoms with Crippen molar-refractivity contribution in [1.82, 2.24) is 0 Å². The van der Waals surface area contributed by atoms with Crippen LogP contribution in [0.1, 0.15) is 46.0 Å². The third-order valence-electron chi connectivity index (χ3n) is 5.05. The van der Waals surface area contributed by atoms with E-state index in [1.807, 2.05) is 13.8 Å². The molecular weight excluding hydrogens is 204 g/mol. The van der Waals surface area contributed by atoms with Crippen LogP contribution in [0, 0.1) is 11.8 Å². The van der Waals surface area contributed by atoms with Gasteiger partial charge in [0.2, 0.25) is 0 Å². The van der Waals surface area contributed by atoms with Crippen LogP contribution in [0.4, 0.5) is 0 Å². The van der Waals surface area contributed by atoms with Crippen LogP contribution in [-0.4, -0.2) is 22.8 Å². The number of Topliss-reactive ketones (excluding diaryl/α,β-unsaturated/α-hetero) is 1. The van der Waals surface area contributed by atoms with Gasteiger partial charge in [-0.1, -0.05) is 0 Å². The second-order valence-electron chi connectivity index (χ2n) is 6.64. The van der Waals surface area contributed by atoms with Crippen molar-refractivity contribution >= 4 is 5.78 Å². The molecule has 1 aliphatic heterocycles. The fourth-order valence-electron chi connectivity index (χ4n) is 4.92. The Kier molecular flexibility index (Phi) is 1.43. The van der Waals surface area contributed by atoms with Crippen molar-refractivity contribution in [3.63, 3.8) is 0 Å². The van der Waals surface area contributed by atoms with Gasteiger partial charge in [-0.25, -0.2) is 0 Å². The summed E-state index contributed by atoms with van der Waals surface area (Å²) in [5.41, 5.74) is -0.254. The van der Waals surface area contributed by atoms with Crippen molar-refractivity contribution in [2.75, 3.05) is 0 Å². The van der Waals surface area contributed by atoms with Gasteiger partial charge in [0.05, 0.1) is 0 Å². The Bertz CT molecular complexity index is 363. The molecule has 5 fully saturated rings. The monoisotopic (exact) mass is 222 g/mol. The van der Waals surface area contributed by atoms with Gasteiger partial charge in [-0.15, -0.1) is 0 Å². The highest BCUT2D eigenvalue weighted by Crippen LogP contribution is 2.67. The van der Waals surface area contributed by atoms with E-state index in [2.05, 4.69) is 0 Å². The molecule has 0 aromatic carbocycles. The summed E-state index contributed by atoms with van der Waals surface area (Å²) in [6.45, 7) is 4.01. The van der Waals surface area contributed by atoms with Crippen LogP contribution >= 0.6 is 0 Å². The van der Waals surface area contributed by atoms with E-state index in [4.69, 9.17) is 9.47 Å². The SMILES string of the molecule is CC1(C)O[C@]23CC4CC(=O)C(C2)C[C@]3(C4)O1. The third-order valence-corrected chi connectivity index (χ3v) is 5.05. The maximum Gasteiger partial charge on any atom is 0.164 e. The Morgan fingerprint density at radius 2 is 1.62 bits per heavy atom. The molecule has 0 N–H and O–H groups in total. The number of fused-ring (bicyclic) bond motifs is 1. The normalized spacial score (nSPS) is 56.8. The Balaban J connectivity index is 1.84. The molecule has 2 unspecified atom stereocenters. The van der Waals surface area contributed by atoms with E-state index >= 15 is 0 Å². The van der Waals surface area contributed by atoms with Crippen molar-refractivity contribution < 1.29 is 14.3 Å². The number of rotatable bonds is 0. The van der Waals surface area contributed by atoms with E-state index in [0.29, 0.717) is 11.7 Å². The van der Waals surface area contributed by atoms with Crippen LogP contribution in [-0.2, 0) is 14.3 Å². The minimum atomic E-state index is -0.455. The molecule has 5 aliphatic rings. The summed E-state index contributed by atoms with van der Waals surface area (Å²) in [6.07, 6.45) is 4.66. The molecule has 4 aliphatic carbocycles. The van der Waals surface area contributed by atoms with Crippen molar-refractivity contribution in [3.8, 4) is 0 Å². The molecule has 0 amide bonds. The molecule has 4 bridgehead atoms. The Morgan fingerprint density at radius 3 is 2.19 bits per heavy atom. The lowest BCUT2D eigenvalue weighted by molar-refractivity contribution is -0.186. The van der Waals surface area contributed by atoms with Gasteiger partial charge in [0.25, 0.3) is 0 Å². The highest BCUT2D eigenvalue weighted by molar-refractivity contribution is 5.83. The van der Waals surface area contributed by atoms with Crippen molar-refractivity contribution in [3.05, 3.63) is 0 Å². The number of hydrogen-bond donors (Lipinski definition) is 0. The van der Waals surface area contributed by atoms with Gasteiger partial charge in [0.15, 0.2) is 5.79 Å². The lowest BCUT2D eigenvalue weighted by Gasteiger charge is -2.29. The molecule has 4 saturated carbocycles. The van der Waals surface area contributed by atoms with Gasteiger partial charge in [-0.05, 0) is 45.4 Å². The Hall–Kier alpha value is -0.410. The van der Waals surface area contributed by atoms with Gasteiger partial charge < -0.3 is 9.47 Å². The summed E-state index contributed by atoms with van der Waals surface area (Å²) in [4.78, 5) is 12.0. The molecule has 88 valence electrons. The number of carbonyl (C=O) groups excluding carboxylic acids is 1. The van der Waals surface area contributed by atoms with Crippen LogP contribution in [0.2, 0.25) is 0 Å². The first kappa shape index (κ1) is 9.60. The highest BCUT2D eigenvalue weighted by atomic mass is 16.8. The van der Waals surface area contributed by atoms with Crippen molar-refractivity contribution in [1.29, 1.82) is 0 Å². The third kappa shape index (κ3) is 0.912. The first-order valence-electron chi connectivity index (χ1n) is 6.37. The average molecular weight is 222 g/mol. The fraction of sp³-hybridized carbons (Fsp3) is 0.923. The number of ketones is 1. The van der Waals surface area contributed by atoms with Crippen LogP contribution in [0.5, 0.6) is 0 Å². The van der Waals surface area contributed by atoms with E-state index in [-0.39, 0.29) is 17.1 Å². The van der Waals surface area contributed by atoms with E-state index in [0.717, 1.165) is 32.1 Å². The number of ether oxygens (including phenoxy) is 2. The van der Waals surface area contributed by atoms with Gasteiger partial charge in [0, 0.05) is 12.3 Å². The molecule has 4 atom stereocenters. The fourth-order valence-corrected chi connectivity index (χ4v) is 4.92. The minimum Gasteiger partial charge on any atom is -0.341 e. The second kappa shape index (κ2) is 2.39. The zero-order valence-electron chi connectivity index (χ0n) is 9.91. The summed E-state index contributed by atoms with van der Waals surface area (Å²) in [6, 6.07) is 0.